The molecule has 2 heterocycles. The van der Waals surface area contributed by atoms with Crippen molar-refractivity contribution < 1.29 is 0 Å². The van der Waals surface area contributed by atoms with Crippen LogP contribution in [-0.2, 0) is 6.54 Å². The molecule has 5 nitrogen and oxygen atoms in total. The van der Waals surface area contributed by atoms with E-state index in [2.05, 4.69) is 33.6 Å². The van der Waals surface area contributed by atoms with Crippen molar-refractivity contribution in [1.29, 1.82) is 0 Å². The van der Waals surface area contributed by atoms with Gasteiger partial charge in [-0.3, -0.25) is 4.68 Å². The number of aryl methyl sites for hydroxylation is 1. The molecule has 2 aromatic rings. The minimum absolute atomic E-state index is 0.394. The Bertz CT molecular complexity index is 434. The topological polar surface area (TPSA) is 55.6 Å². The first-order valence-electron chi connectivity index (χ1n) is 5.80. The molecule has 1 N–H and O–H groups in total. The monoisotopic (exact) mass is 251 g/mol. The zero-order chi connectivity index (χ0) is 12.1. The van der Waals surface area contributed by atoms with Gasteiger partial charge in [-0.25, -0.2) is 4.98 Å². The second-order valence-corrected chi connectivity index (χ2v) is 4.91. The predicted octanol–water partition coefficient (Wildman–Crippen LogP) is 2.36. The molecule has 0 aliphatic heterocycles. The summed E-state index contributed by atoms with van der Waals surface area (Å²) >= 11 is 1.43. The molecule has 0 amide bonds. The molecular weight excluding hydrogens is 234 g/mol. The maximum atomic E-state index is 4.42. The smallest absolute Gasteiger partial charge is 0.202 e. The largest absolute Gasteiger partial charge is 0.360 e. The maximum Gasteiger partial charge on any atom is 0.202 e. The highest BCUT2D eigenvalue weighted by Gasteiger charge is 2.06. The summed E-state index contributed by atoms with van der Waals surface area (Å²) in [6.45, 7) is 6.02. The standard InChI is InChI=1S/C11H17N5S/c1-9(2)10-14-11(17-15-10)12-5-3-7-16-8-4-6-13-16/h4,6,8-9H,3,5,7H2,1-2H3,(H,12,14,15). The molecule has 6 heteroatoms. The van der Waals surface area contributed by atoms with Crippen LogP contribution in [0.15, 0.2) is 18.5 Å². The van der Waals surface area contributed by atoms with Crippen LogP contribution in [0.4, 0.5) is 5.13 Å². The maximum absolute atomic E-state index is 4.42. The second kappa shape index (κ2) is 5.77. The Morgan fingerprint density at radius 1 is 1.47 bits per heavy atom. The molecule has 0 radical (unpaired) electrons. The molecule has 2 aromatic heterocycles. The van der Waals surface area contributed by atoms with Crippen LogP contribution in [-0.4, -0.2) is 25.7 Å². The first-order chi connectivity index (χ1) is 8.25. The average Bonchev–Trinajstić information content (AvgIpc) is 2.96. The summed E-state index contributed by atoms with van der Waals surface area (Å²) < 4.78 is 6.23. The second-order valence-electron chi connectivity index (χ2n) is 4.16. The quantitative estimate of drug-likeness (QED) is 0.801. The van der Waals surface area contributed by atoms with Crippen molar-refractivity contribution in [3.63, 3.8) is 0 Å². The Morgan fingerprint density at radius 3 is 3.00 bits per heavy atom. The van der Waals surface area contributed by atoms with Gasteiger partial charge in [0.15, 0.2) is 0 Å². The van der Waals surface area contributed by atoms with E-state index in [0.29, 0.717) is 5.92 Å². The molecule has 0 aromatic carbocycles. The zero-order valence-electron chi connectivity index (χ0n) is 10.1. The third kappa shape index (κ3) is 3.52. The number of hydrogen-bond acceptors (Lipinski definition) is 5. The summed E-state index contributed by atoms with van der Waals surface area (Å²) in [6.07, 6.45) is 4.80. The fourth-order valence-electron chi connectivity index (χ4n) is 1.41. The third-order valence-corrected chi connectivity index (χ3v) is 3.04. The normalized spacial score (nSPS) is 11.0. The molecule has 17 heavy (non-hydrogen) atoms. The summed E-state index contributed by atoms with van der Waals surface area (Å²) in [7, 11) is 0. The molecule has 0 atom stereocenters. The zero-order valence-corrected chi connectivity index (χ0v) is 10.9. The lowest BCUT2D eigenvalue weighted by Gasteiger charge is -2.02. The lowest BCUT2D eigenvalue weighted by Crippen LogP contribution is -2.06. The van der Waals surface area contributed by atoms with Crippen LogP contribution in [0.3, 0.4) is 0 Å². The van der Waals surface area contributed by atoms with Crippen LogP contribution in [0.25, 0.3) is 0 Å². The summed E-state index contributed by atoms with van der Waals surface area (Å²) in [5.41, 5.74) is 0. The average molecular weight is 251 g/mol. The molecule has 92 valence electrons. The number of rotatable bonds is 6. The van der Waals surface area contributed by atoms with Crippen LogP contribution in [0.5, 0.6) is 0 Å². The van der Waals surface area contributed by atoms with Gasteiger partial charge in [-0.05, 0) is 12.5 Å². The summed E-state index contributed by atoms with van der Waals surface area (Å²) in [4.78, 5) is 4.42. The minimum atomic E-state index is 0.394. The molecule has 0 aliphatic carbocycles. The van der Waals surface area contributed by atoms with Gasteiger partial charge in [0, 0.05) is 42.9 Å². The van der Waals surface area contributed by atoms with Crippen LogP contribution in [0.2, 0.25) is 0 Å². The fraction of sp³-hybridized carbons (Fsp3) is 0.545. The van der Waals surface area contributed by atoms with E-state index in [1.807, 2.05) is 16.9 Å². The Hall–Kier alpha value is -1.43. The van der Waals surface area contributed by atoms with E-state index in [1.54, 1.807) is 6.20 Å². The van der Waals surface area contributed by atoms with Crippen LogP contribution >= 0.6 is 11.5 Å². The van der Waals surface area contributed by atoms with Gasteiger partial charge < -0.3 is 5.32 Å². The Balaban J connectivity index is 1.71. The van der Waals surface area contributed by atoms with E-state index in [4.69, 9.17) is 0 Å². The minimum Gasteiger partial charge on any atom is -0.360 e. The van der Waals surface area contributed by atoms with E-state index in [9.17, 15) is 0 Å². The van der Waals surface area contributed by atoms with Gasteiger partial charge in [-0.15, -0.1) is 0 Å². The van der Waals surface area contributed by atoms with E-state index in [0.717, 1.165) is 30.5 Å². The van der Waals surface area contributed by atoms with Gasteiger partial charge in [0.05, 0.1) is 0 Å². The molecule has 0 saturated carbocycles. The van der Waals surface area contributed by atoms with Gasteiger partial charge in [0.25, 0.3) is 0 Å². The number of anilines is 1. The molecule has 0 fully saturated rings. The summed E-state index contributed by atoms with van der Waals surface area (Å²) in [6, 6.07) is 1.94. The van der Waals surface area contributed by atoms with Gasteiger partial charge in [-0.1, -0.05) is 13.8 Å². The first kappa shape index (κ1) is 12.0. The van der Waals surface area contributed by atoms with Crippen molar-refractivity contribution in [1.82, 2.24) is 19.1 Å². The van der Waals surface area contributed by atoms with Gasteiger partial charge in [0.2, 0.25) is 5.13 Å². The van der Waals surface area contributed by atoms with E-state index in [1.165, 1.54) is 11.5 Å². The highest BCUT2D eigenvalue weighted by Crippen LogP contribution is 2.16. The van der Waals surface area contributed by atoms with Crippen LogP contribution < -0.4 is 5.32 Å². The van der Waals surface area contributed by atoms with Gasteiger partial charge in [0.1, 0.15) is 5.82 Å². The molecule has 0 spiro atoms. The van der Waals surface area contributed by atoms with Crippen LogP contribution in [0.1, 0.15) is 32.0 Å². The molecular formula is C11H17N5S. The third-order valence-electron chi connectivity index (χ3n) is 2.36. The Labute approximate surface area is 105 Å². The Morgan fingerprint density at radius 2 is 2.35 bits per heavy atom. The van der Waals surface area contributed by atoms with Crippen molar-refractivity contribution in [3.8, 4) is 0 Å². The van der Waals surface area contributed by atoms with Crippen molar-refractivity contribution in [2.75, 3.05) is 11.9 Å². The molecule has 2 rings (SSSR count). The van der Waals surface area contributed by atoms with E-state index >= 15 is 0 Å². The highest BCUT2D eigenvalue weighted by atomic mass is 32.1. The number of aromatic nitrogens is 4. The lowest BCUT2D eigenvalue weighted by molar-refractivity contribution is 0.591. The SMILES string of the molecule is CC(C)c1nsc(NCCCn2cccn2)n1. The number of nitrogens with one attached hydrogen (secondary N) is 1. The van der Waals surface area contributed by atoms with Gasteiger partial charge in [-0.2, -0.15) is 9.47 Å². The molecule has 0 bridgehead atoms. The predicted molar refractivity (Wildman–Crippen MR) is 69.3 cm³/mol. The number of nitrogens with zero attached hydrogens (tertiary/aromatic N) is 4. The molecule has 0 aliphatic rings. The first-order valence-corrected chi connectivity index (χ1v) is 6.58. The van der Waals surface area contributed by atoms with Crippen molar-refractivity contribution in [2.45, 2.75) is 32.7 Å². The highest BCUT2D eigenvalue weighted by molar-refractivity contribution is 7.09. The molecule has 0 saturated heterocycles. The lowest BCUT2D eigenvalue weighted by atomic mass is 10.2. The fourth-order valence-corrected chi connectivity index (χ4v) is 2.14. The van der Waals surface area contributed by atoms with Crippen molar-refractivity contribution >= 4 is 16.7 Å². The van der Waals surface area contributed by atoms with Gasteiger partial charge >= 0.3 is 0 Å². The van der Waals surface area contributed by atoms with E-state index in [-0.39, 0.29) is 0 Å². The summed E-state index contributed by atoms with van der Waals surface area (Å²) in [5.74, 6) is 1.32. The summed E-state index contributed by atoms with van der Waals surface area (Å²) in [5, 5.41) is 8.35. The van der Waals surface area contributed by atoms with Crippen LogP contribution in [0, 0.1) is 0 Å². The van der Waals surface area contributed by atoms with Crippen molar-refractivity contribution in [2.24, 2.45) is 0 Å². The van der Waals surface area contributed by atoms with Crippen molar-refractivity contribution in [3.05, 3.63) is 24.3 Å². The Kier molecular flexibility index (Phi) is 4.08. The molecule has 0 unspecified atom stereocenters. The van der Waals surface area contributed by atoms with E-state index < -0.39 is 0 Å². The number of hydrogen-bond donors (Lipinski definition) is 1.